The standard InChI is InChI=1S/C15H25N3O2/c1-3-12(16)15(19)17-10-13(18-8-4-5-9-18)14-7-6-11(2)20-14/h6-7,12-13H,3-5,8-10,16H2,1-2H3,(H,17,19)/t12-,13?/m0/s1. The van der Waals surface area contributed by atoms with E-state index >= 15 is 0 Å². The van der Waals surface area contributed by atoms with Crippen LogP contribution in [0.5, 0.6) is 0 Å². The van der Waals surface area contributed by atoms with Gasteiger partial charge in [-0.05, 0) is 51.4 Å². The summed E-state index contributed by atoms with van der Waals surface area (Å²) in [6.07, 6.45) is 3.07. The van der Waals surface area contributed by atoms with E-state index in [0.29, 0.717) is 13.0 Å². The molecule has 0 aromatic carbocycles. The summed E-state index contributed by atoms with van der Waals surface area (Å²) >= 11 is 0. The second-order valence-electron chi connectivity index (χ2n) is 5.47. The Balaban J connectivity index is 2.01. The van der Waals surface area contributed by atoms with E-state index < -0.39 is 6.04 Å². The topological polar surface area (TPSA) is 71.5 Å². The minimum absolute atomic E-state index is 0.0834. The lowest BCUT2D eigenvalue weighted by atomic mass is 10.1. The summed E-state index contributed by atoms with van der Waals surface area (Å²) < 4.78 is 5.75. The van der Waals surface area contributed by atoms with E-state index in [0.717, 1.165) is 24.6 Å². The molecule has 0 spiro atoms. The molecule has 2 heterocycles. The van der Waals surface area contributed by atoms with Gasteiger partial charge in [0.15, 0.2) is 0 Å². The summed E-state index contributed by atoms with van der Waals surface area (Å²) in [6.45, 7) is 6.52. The monoisotopic (exact) mass is 279 g/mol. The van der Waals surface area contributed by atoms with E-state index in [1.165, 1.54) is 12.8 Å². The highest BCUT2D eigenvalue weighted by molar-refractivity contribution is 5.81. The Morgan fingerprint density at radius 2 is 2.15 bits per heavy atom. The van der Waals surface area contributed by atoms with Crippen LogP contribution in [0, 0.1) is 6.92 Å². The van der Waals surface area contributed by atoms with Gasteiger partial charge in [-0.2, -0.15) is 0 Å². The maximum absolute atomic E-state index is 11.8. The molecule has 0 radical (unpaired) electrons. The van der Waals surface area contributed by atoms with Gasteiger partial charge in [-0.1, -0.05) is 6.92 Å². The zero-order valence-electron chi connectivity index (χ0n) is 12.4. The molecule has 0 aliphatic carbocycles. The van der Waals surface area contributed by atoms with Gasteiger partial charge in [-0.15, -0.1) is 0 Å². The van der Waals surface area contributed by atoms with E-state index in [-0.39, 0.29) is 11.9 Å². The number of nitrogens with zero attached hydrogens (tertiary/aromatic N) is 1. The summed E-state index contributed by atoms with van der Waals surface area (Å²) in [5, 5.41) is 2.95. The first-order valence-electron chi connectivity index (χ1n) is 7.45. The van der Waals surface area contributed by atoms with Crippen LogP contribution in [0.4, 0.5) is 0 Å². The Morgan fingerprint density at radius 3 is 2.70 bits per heavy atom. The van der Waals surface area contributed by atoms with Crippen LogP contribution in [0.15, 0.2) is 16.5 Å². The van der Waals surface area contributed by atoms with E-state index in [1.54, 1.807) is 0 Å². The van der Waals surface area contributed by atoms with Crippen LogP contribution in [0.2, 0.25) is 0 Å². The maximum Gasteiger partial charge on any atom is 0.236 e. The van der Waals surface area contributed by atoms with Gasteiger partial charge in [0.2, 0.25) is 5.91 Å². The number of hydrogen-bond donors (Lipinski definition) is 2. The first kappa shape index (κ1) is 15.1. The van der Waals surface area contributed by atoms with Crippen molar-refractivity contribution >= 4 is 5.91 Å². The van der Waals surface area contributed by atoms with E-state index in [1.807, 2.05) is 26.0 Å². The summed E-state index contributed by atoms with van der Waals surface area (Å²) in [5.74, 6) is 1.75. The number of amides is 1. The average Bonchev–Trinajstić information content (AvgIpc) is 3.10. The molecule has 2 rings (SSSR count). The molecule has 5 nitrogen and oxygen atoms in total. The quantitative estimate of drug-likeness (QED) is 0.829. The fourth-order valence-corrected chi connectivity index (χ4v) is 2.61. The molecule has 1 aliphatic heterocycles. The minimum atomic E-state index is -0.424. The van der Waals surface area contributed by atoms with Crippen LogP contribution in [0.3, 0.4) is 0 Å². The molecule has 1 saturated heterocycles. The largest absolute Gasteiger partial charge is 0.465 e. The Labute approximate surface area is 120 Å². The number of rotatable bonds is 6. The van der Waals surface area contributed by atoms with Gasteiger partial charge in [-0.3, -0.25) is 9.69 Å². The second-order valence-corrected chi connectivity index (χ2v) is 5.47. The van der Waals surface area contributed by atoms with Crippen molar-refractivity contribution in [2.45, 2.75) is 45.2 Å². The van der Waals surface area contributed by atoms with Crippen molar-refractivity contribution in [3.63, 3.8) is 0 Å². The van der Waals surface area contributed by atoms with Gasteiger partial charge < -0.3 is 15.5 Å². The van der Waals surface area contributed by atoms with Crippen molar-refractivity contribution in [2.75, 3.05) is 19.6 Å². The van der Waals surface area contributed by atoms with E-state index in [4.69, 9.17) is 10.2 Å². The van der Waals surface area contributed by atoms with Crippen molar-refractivity contribution in [2.24, 2.45) is 5.73 Å². The zero-order valence-corrected chi connectivity index (χ0v) is 12.4. The fraction of sp³-hybridized carbons (Fsp3) is 0.667. The fourth-order valence-electron chi connectivity index (χ4n) is 2.61. The molecule has 112 valence electrons. The molecule has 3 N–H and O–H groups in total. The number of aryl methyl sites for hydroxylation is 1. The first-order valence-corrected chi connectivity index (χ1v) is 7.45. The number of furan rings is 1. The number of nitrogens with two attached hydrogens (primary N) is 1. The number of hydrogen-bond acceptors (Lipinski definition) is 4. The van der Waals surface area contributed by atoms with E-state index in [9.17, 15) is 4.79 Å². The lowest BCUT2D eigenvalue weighted by Gasteiger charge is -2.26. The Bertz CT molecular complexity index is 438. The molecule has 1 aliphatic rings. The van der Waals surface area contributed by atoms with Crippen LogP contribution in [0.1, 0.15) is 43.7 Å². The molecule has 2 atom stereocenters. The van der Waals surface area contributed by atoms with Gasteiger partial charge >= 0.3 is 0 Å². The Morgan fingerprint density at radius 1 is 1.45 bits per heavy atom. The van der Waals surface area contributed by atoms with Crippen molar-refractivity contribution in [3.8, 4) is 0 Å². The molecule has 20 heavy (non-hydrogen) atoms. The molecule has 1 aromatic rings. The van der Waals surface area contributed by atoms with Gasteiger partial charge in [0, 0.05) is 6.54 Å². The third kappa shape index (κ3) is 3.61. The predicted molar refractivity (Wildman–Crippen MR) is 78.3 cm³/mol. The maximum atomic E-state index is 11.8. The highest BCUT2D eigenvalue weighted by atomic mass is 16.3. The summed E-state index contributed by atoms with van der Waals surface area (Å²) in [4.78, 5) is 14.2. The highest BCUT2D eigenvalue weighted by Crippen LogP contribution is 2.26. The number of nitrogens with one attached hydrogen (secondary N) is 1. The molecular weight excluding hydrogens is 254 g/mol. The van der Waals surface area contributed by atoms with Crippen LogP contribution < -0.4 is 11.1 Å². The minimum Gasteiger partial charge on any atom is -0.465 e. The number of carbonyl (C=O) groups is 1. The molecule has 0 bridgehead atoms. The van der Waals surface area contributed by atoms with Crippen molar-refractivity contribution in [1.82, 2.24) is 10.2 Å². The average molecular weight is 279 g/mol. The molecule has 1 unspecified atom stereocenters. The number of likely N-dealkylation sites (tertiary alicyclic amines) is 1. The number of carbonyl (C=O) groups excluding carboxylic acids is 1. The highest BCUT2D eigenvalue weighted by Gasteiger charge is 2.26. The van der Waals surface area contributed by atoms with E-state index in [2.05, 4.69) is 10.2 Å². The van der Waals surface area contributed by atoms with Crippen molar-refractivity contribution in [1.29, 1.82) is 0 Å². The molecule has 1 amide bonds. The predicted octanol–water partition coefficient (Wildman–Crippen LogP) is 1.58. The van der Waals surface area contributed by atoms with Gasteiger partial charge in [0.1, 0.15) is 11.5 Å². The molecule has 0 saturated carbocycles. The summed E-state index contributed by atoms with van der Waals surface area (Å²) in [5.41, 5.74) is 5.75. The summed E-state index contributed by atoms with van der Waals surface area (Å²) in [6, 6.07) is 3.66. The lowest BCUT2D eigenvalue weighted by molar-refractivity contribution is -0.122. The van der Waals surface area contributed by atoms with Crippen LogP contribution in [0.25, 0.3) is 0 Å². The van der Waals surface area contributed by atoms with Crippen LogP contribution in [-0.4, -0.2) is 36.5 Å². The summed E-state index contributed by atoms with van der Waals surface area (Å²) in [7, 11) is 0. The SMILES string of the molecule is CC[C@H](N)C(=O)NCC(c1ccc(C)o1)N1CCCC1. The lowest BCUT2D eigenvalue weighted by Crippen LogP contribution is -2.44. The van der Waals surface area contributed by atoms with Crippen molar-refractivity contribution < 1.29 is 9.21 Å². The van der Waals surface area contributed by atoms with Gasteiger partial charge in [0.25, 0.3) is 0 Å². The van der Waals surface area contributed by atoms with Gasteiger partial charge in [-0.25, -0.2) is 0 Å². The van der Waals surface area contributed by atoms with Crippen LogP contribution >= 0.6 is 0 Å². The first-order chi connectivity index (χ1) is 9.61. The van der Waals surface area contributed by atoms with Crippen LogP contribution in [-0.2, 0) is 4.79 Å². The zero-order chi connectivity index (χ0) is 14.5. The normalized spacial score (nSPS) is 18.9. The molecule has 5 heteroatoms. The molecular formula is C15H25N3O2. The van der Waals surface area contributed by atoms with Crippen molar-refractivity contribution in [3.05, 3.63) is 23.7 Å². The third-order valence-corrected chi connectivity index (χ3v) is 3.92. The smallest absolute Gasteiger partial charge is 0.236 e. The Hall–Kier alpha value is -1.33. The third-order valence-electron chi connectivity index (χ3n) is 3.92. The molecule has 1 aromatic heterocycles. The Kier molecular flexibility index (Phi) is 5.20. The van der Waals surface area contributed by atoms with Gasteiger partial charge in [0.05, 0.1) is 12.1 Å². The second kappa shape index (κ2) is 6.90. The molecule has 1 fully saturated rings.